The number of nitrogens with zero attached hydrogens (tertiary/aromatic N) is 1. The third-order valence-corrected chi connectivity index (χ3v) is 4.32. The topological polar surface area (TPSA) is 46.3 Å². The molecule has 0 aromatic heterocycles. The van der Waals surface area contributed by atoms with E-state index in [2.05, 4.69) is 13.8 Å². The lowest BCUT2D eigenvalue weighted by Crippen LogP contribution is -2.49. The van der Waals surface area contributed by atoms with Gasteiger partial charge in [-0.1, -0.05) is 20.3 Å². The van der Waals surface area contributed by atoms with E-state index in [0.717, 1.165) is 32.4 Å². The first-order chi connectivity index (χ1) is 7.50. The minimum atomic E-state index is 0.193. The average Bonchev–Trinajstić information content (AvgIpc) is 2.57. The quantitative estimate of drug-likeness (QED) is 0.737. The zero-order valence-electron chi connectivity index (χ0n) is 10.5. The summed E-state index contributed by atoms with van der Waals surface area (Å²) < 4.78 is 0. The van der Waals surface area contributed by atoms with E-state index in [4.69, 9.17) is 5.73 Å². The zero-order valence-corrected chi connectivity index (χ0v) is 10.5. The first-order valence-electron chi connectivity index (χ1n) is 6.55. The smallest absolute Gasteiger partial charge is 0.226 e. The summed E-state index contributed by atoms with van der Waals surface area (Å²) in [7, 11) is 0. The van der Waals surface area contributed by atoms with Crippen LogP contribution in [0.1, 0.15) is 46.0 Å². The van der Waals surface area contributed by atoms with E-state index >= 15 is 0 Å². The summed E-state index contributed by atoms with van der Waals surface area (Å²) in [6, 6.07) is 0.196. The molecular weight excluding hydrogens is 200 g/mol. The van der Waals surface area contributed by atoms with Gasteiger partial charge in [-0.25, -0.2) is 0 Å². The van der Waals surface area contributed by atoms with E-state index in [1.54, 1.807) is 0 Å². The number of carbonyl (C=O) groups excluding carboxylic acids is 1. The average molecular weight is 224 g/mol. The van der Waals surface area contributed by atoms with Gasteiger partial charge in [-0.2, -0.15) is 0 Å². The first-order valence-corrected chi connectivity index (χ1v) is 6.55. The van der Waals surface area contributed by atoms with Crippen molar-refractivity contribution in [2.75, 3.05) is 13.1 Å². The third-order valence-electron chi connectivity index (χ3n) is 4.32. The number of nitrogens with two attached hydrogens (primary N) is 1. The number of rotatable bonds is 1. The van der Waals surface area contributed by atoms with Crippen molar-refractivity contribution in [2.24, 2.45) is 17.1 Å². The van der Waals surface area contributed by atoms with Crippen molar-refractivity contribution in [3.63, 3.8) is 0 Å². The Labute approximate surface area is 98.4 Å². The molecule has 2 fully saturated rings. The molecule has 92 valence electrons. The van der Waals surface area contributed by atoms with Crippen molar-refractivity contribution in [3.05, 3.63) is 0 Å². The fourth-order valence-corrected chi connectivity index (χ4v) is 3.22. The van der Waals surface area contributed by atoms with E-state index in [1.807, 2.05) is 4.90 Å². The molecule has 1 unspecified atom stereocenters. The molecule has 1 saturated carbocycles. The maximum atomic E-state index is 12.4. The Hall–Kier alpha value is -0.570. The highest BCUT2D eigenvalue weighted by Gasteiger charge is 2.41. The molecule has 2 N–H and O–H groups in total. The van der Waals surface area contributed by atoms with Crippen molar-refractivity contribution in [2.45, 2.75) is 52.0 Å². The maximum Gasteiger partial charge on any atom is 0.226 e. The van der Waals surface area contributed by atoms with Gasteiger partial charge in [0.25, 0.3) is 0 Å². The van der Waals surface area contributed by atoms with Gasteiger partial charge in [-0.15, -0.1) is 0 Å². The van der Waals surface area contributed by atoms with Gasteiger partial charge in [0.1, 0.15) is 0 Å². The van der Waals surface area contributed by atoms with Crippen LogP contribution in [0.2, 0.25) is 0 Å². The van der Waals surface area contributed by atoms with Gasteiger partial charge in [0.2, 0.25) is 5.91 Å². The number of hydrogen-bond donors (Lipinski definition) is 1. The first kappa shape index (κ1) is 11.9. The number of likely N-dealkylation sites (tertiary alicyclic amines) is 1. The molecule has 3 nitrogen and oxygen atoms in total. The van der Waals surface area contributed by atoms with Crippen LogP contribution in [0.25, 0.3) is 0 Å². The molecule has 0 aromatic carbocycles. The number of amides is 1. The van der Waals surface area contributed by atoms with Crippen molar-refractivity contribution in [1.82, 2.24) is 4.90 Å². The Kier molecular flexibility index (Phi) is 3.24. The second kappa shape index (κ2) is 4.36. The molecule has 1 heterocycles. The standard InChI is InChI=1S/C13H24N2O/c1-13(2)7-3-6-11(13)12(16)15-8-4-5-10(14)9-15/h10-11H,3-9,14H2,1-2H3/t10-,11?/m1/s1. The second-order valence-electron chi connectivity index (χ2n) is 6.12. The van der Waals surface area contributed by atoms with Crippen molar-refractivity contribution in [3.8, 4) is 0 Å². The van der Waals surface area contributed by atoms with Crippen molar-refractivity contribution >= 4 is 5.91 Å². The molecule has 0 spiro atoms. The van der Waals surface area contributed by atoms with Gasteiger partial charge in [-0.05, 0) is 31.1 Å². The van der Waals surface area contributed by atoms with E-state index in [0.29, 0.717) is 5.91 Å². The Morgan fingerprint density at radius 2 is 2.06 bits per heavy atom. The minimum absolute atomic E-state index is 0.193. The molecule has 2 rings (SSSR count). The van der Waals surface area contributed by atoms with Crippen LogP contribution in [-0.2, 0) is 4.79 Å². The highest BCUT2D eigenvalue weighted by molar-refractivity contribution is 5.80. The highest BCUT2D eigenvalue weighted by Crippen LogP contribution is 2.43. The highest BCUT2D eigenvalue weighted by atomic mass is 16.2. The summed E-state index contributed by atoms with van der Waals surface area (Å²) in [6.45, 7) is 6.14. The SMILES string of the molecule is CC1(C)CCCC1C(=O)N1CCC[C@@H](N)C1. The Bertz CT molecular complexity index is 275. The number of hydrogen-bond acceptors (Lipinski definition) is 2. The van der Waals surface area contributed by atoms with E-state index in [1.165, 1.54) is 12.8 Å². The molecule has 0 aromatic rings. The van der Waals surface area contributed by atoms with Crippen LogP contribution in [0.5, 0.6) is 0 Å². The fourth-order valence-electron chi connectivity index (χ4n) is 3.22. The molecule has 1 aliphatic heterocycles. The third kappa shape index (κ3) is 2.24. The van der Waals surface area contributed by atoms with Crippen LogP contribution in [0.15, 0.2) is 0 Å². The Morgan fingerprint density at radius 3 is 2.62 bits per heavy atom. The normalized spacial score (nSPS) is 34.1. The molecule has 2 aliphatic rings. The van der Waals surface area contributed by atoms with E-state index < -0.39 is 0 Å². The van der Waals surface area contributed by atoms with Crippen LogP contribution >= 0.6 is 0 Å². The molecule has 16 heavy (non-hydrogen) atoms. The van der Waals surface area contributed by atoms with Crippen molar-refractivity contribution in [1.29, 1.82) is 0 Å². The summed E-state index contributed by atoms with van der Waals surface area (Å²) in [5.41, 5.74) is 6.13. The van der Waals surface area contributed by atoms with E-state index in [9.17, 15) is 4.79 Å². The lowest BCUT2D eigenvalue weighted by atomic mass is 9.81. The minimum Gasteiger partial charge on any atom is -0.341 e. The van der Waals surface area contributed by atoms with Gasteiger partial charge < -0.3 is 10.6 Å². The molecular formula is C13H24N2O. The second-order valence-corrected chi connectivity index (χ2v) is 6.12. The molecule has 0 bridgehead atoms. The summed E-state index contributed by atoms with van der Waals surface area (Å²) in [4.78, 5) is 14.4. The van der Waals surface area contributed by atoms with Gasteiger partial charge >= 0.3 is 0 Å². The summed E-state index contributed by atoms with van der Waals surface area (Å²) >= 11 is 0. The largest absolute Gasteiger partial charge is 0.341 e. The number of carbonyl (C=O) groups is 1. The van der Waals surface area contributed by atoms with Crippen LogP contribution in [0.3, 0.4) is 0 Å². The molecule has 1 amide bonds. The lowest BCUT2D eigenvalue weighted by Gasteiger charge is -2.36. The number of piperidine rings is 1. The zero-order chi connectivity index (χ0) is 11.8. The summed E-state index contributed by atoms with van der Waals surface area (Å²) in [6.07, 6.45) is 5.59. The Balaban J connectivity index is 2.01. The molecule has 2 atom stereocenters. The predicted octanol–water partition coefficient (Wildman–Crippen LogP) is 1.76. The molecule has 3 heteroatoms. The molecule has 1 aliphatic carbocycles. The van der Waals surface area contributed by atoms with Crippen LogP contribution in [0, 0.1) is 11.3 Å². The van der Waals surface area contributed by atoms with Crippen LogP contribution < -0.4 is 5.73 Å². The summed E-state index contributed by atoms with van der Waals surface area (Å²) in [5, 5.41) is 0. The van der Waals surface area contributed by atoms with Gasteiger partial charge in [0, 0.05) is 25.0 Å². The van der Waals surface area contributed by atoms with Crippen LogP contribution in [0.4, 0.5) is 0 Å². The van der Waals surface area contributed by atoms with Gasteiger partial charge in [0.15, 0.2) is 0 Å². The van der Waals surface area contributed by atoms with Gasteiger partial charge in [0.05, 0.1) is 0 Å². The summed E-state index contributed by atoms with van der Waals surface area (Å²) in [5.74, 6) is 0.593. The predicted molar refractivity (Wildman–Crippen MR) is 64.9 cm³/mol. The van der Waals surface area contributed by atoms with E-state index in [-0.39, 0.29) is 17.4 Å². The van der Waals surface area contributed by atoms with Crippen LogP contribution in [-0.4, -0.2) is 29.9 Å². The molecule has 1 saturated heterocycles. The monoisotopic (exact) mass is 224 g/mol. The molecule has 0 radical (unpaired) electrons. The lowest BCUT2D eigenvalue weighted by molar-refractivity contribution is -0.139. The maximum absolute atomic E-state index is 12.4. The Morgan fingerprint density at radius 1 is 1.31 bits per heavy atom. The van der Waals surface area contributed by atoms with Crippen molar-refractivity contribution < 1.29 is 4.79 Å². The van der Waals surface area contributed by atoms with Gasteiger partial charge in [-0.3, -0.25) is 4.79 Å². The fraction of sp³-hybridized carbons (Fsp3) is 0.923.